The third-order valence-electron chi connectivity index (χ3n) is 3.76. The Kier molecular flexibility index (Phi) is 11.5. The molecule has 0 fully saturated rings. The maximum Gasteiger partial charge on any atom is 0.372 e. The maximum absolute atomic E-state index is 10.4. The van der Waals surface area contributed by atoms with Gasteiger partial charge in [-0.3, -0.25) is 0 Å². The van der Waals surface area contributed by atoms with Crippen molar-refractivity contribution in [2.75, 3.05) is 6.61 Å². The fourth-order valence-corrected chi connectivity index (χ4v) is 2.29. The van der Waals surface area contributed by atoms with E-state index in [9.17, 15) is 4.79 Å². The van der Waals surface area contributed by atoms with Crippen molar-refractivity contribution in [3.05, 3.63) is 90.2 Å². The van der Waals surface area contributed by atoms with Crippen LogP contribution in [-0.2, 0) is 9.53 Å². The van der Waals surface area contributed by atoms with Crippen LogP contribution in [0.15, 0.2) is 79.1 Å². The molecule has 0 bridgehead atoms. The van der Waals surface area contributed by atoms with Crippen molar-refractivity contribution in [3.8, 4) is 5.75 Å². The van der Waals surface area contributed by atoms with Crippen molar-refractivity contribution in [2.24, 2.45) is 0 Å². The van der Waals surface area contributed by atoms with Gasteiger partial charge in [-0.25, -0.2) is 4.79 Å². The molecule has 2 rings (SSSR count). The predicted molar refractivity (Wildman–Crippen MR) is 129 cm³/mol. The van der Waals surface area contributed by atoms with E-state index in [-0.39, 0.29) is 5.60 Å². The maximum atomic E-state index is 10.4. The Morgan fingerprint density at radius 3 is 2.00 bits per heavy atom. The van der Waals surface area contributed by atoms with Gasteiger partial charge in [0, 0.05) is 0 Å². The molecule has 0 radical (unpaired) electrons. The van der Waals surface area contributed by atoms with Crippen LogP contribution in [0.4, 0.5) is 0 Å². The number of allylic oxidation sites excluding steroid dienone is 2. The molecule has 0 saturated carbocycles. The number of aliphatic hydroxyl groups is 1. The molecular weight excluding hydrogens is 388 g/mol. The summed E-state index contributed by atoms with van der Waals surface area (Å²) in [6, 6.07) is 18.4. The molecule has 0 aromatic heterocycles. The Morgan fingerprint density at radius 2 is 1.52 bits per heavy atom. The van der Waals surface area contributed by atoms with E-state index in [0.29, 0.717) is 6.61 Å². The van der Waals surface area contributed by atoms with Gasteiger partial charge in [0.2, 0.25) is 0 Å². The summed E-state index contributed by atoms with van der Waals surface area (Å²) >= 11 is 0. The summed E-state index contributed by atoms with van der Waals surface area (Å²) in [7, 11) is 0. The van der Waals surface area contributed by atoms with Crippen LogP contribution in [-0.4, -0.2) is 23.3 Å². The molecule has 0 atom stereocenters. The quantitative estimate of drug-likeness (QED) is 0.164. The first-order valence-electron chi connectivity index (χ1n) is 10.4. The number of carbonyl (C=O) groups excluding carboxylic acids is 1. The molecule has 4 nitrogen and oxygen atoms in total. The number of rotatable bonds is 8. The van der Waals surface area contributed by atoms with E-state index in [1.807, 2.05) is 43.3 Å². The number of aliphatic hydroxyl groups excluding tert-OH is 1. The lowest BCUT2D eigenvalue weighted by Crippen LogP contribution is -2.22. The van der Waals surface area contributed by atoms with E-state index in [2.05, 4.69) is 74.6 Å². The molecule has 4 heteroatoms. The summed E-state index contributed by atoms with van der Waals surface area (Å²) in [5.74, 6) is -0.357. The van der Waals surface area contributed by atoms with E-state index in [1.54, 1.807) is 0 Å². The zero-order valence-corrected chi connectivity index (χ0v) is 19.0. The number of hydrogen-bond acceptors (Lipinski definition) is 4. The Balaban J connectivity index is 0.000000407. The summed E-state index contributed by atoms with van der Waals surface area (Å²) in [5, 5.41) is 8.45. The largest absolute Gasteiger partial charge is 0.502 e. The summed E-state index contributed by atoms with van der Waals surface area (Å²) in [5.41, 5.74) is 2.21. The predicted octanol–water partition coefficient (Wildman–Crippen LogP) is 6.99. The molecular formula is C27H34O4. The van der Waals surface area contributed by atoms with Crippen LogP contribution >= 0.6 is 0 Å². The molecule has 0 aliphatic rings. The van der Waals surface area contributed by atoms with Crippen molar-refractivity contribution in [1.82, 2.24) is 0 Å². The highest BCUT2D eigenvalue weighted by atomic mass is 16.5. The van der Waals surface area contributed by atoms with Gasteiger partial charge in [0.05, 0.1) is 6.61 Å². The van der Waals surface area contributed by atoms with Gasteiger partial charge in [0.25, 0.3) is 0 Å². The highest BCUT2D eigenvalue weighted by molar-refractivity contribution is 5.84. The number of hydrogen-bond donors (Lipinski definition) is 1. The Labute approximate surface area is 186 Å². The van der Waals surface area contributed by atoms with Crippen LogP contribution in [0.25, 0.3) is 12.2 Å². The van der Waals surface area contributed by atoms with E-state index >= 15 is 0 Å². The molecule has 2 aromatic carbocycles. The first-order chi connectivity index (χ1) is 14.7. The first-order valence-corrected chi connectivity index (χ1v) is 10.4. The van der Waals surface area contributed by atoms with Crippen molar-refractivity contribution in [1.29, 1.82) is 0 Å². The number of ether oxygens (including phenoxy) is 2. The molecule has 0 aliphatic heterocycles. The number of esters is 1. The smallest absolute Gasteiger partial charge is 0.372 e. The molecule has 0 unspecified atom stereocenters. The zero-order chi connectivity index (χ0) is 23.1. The monoisotopic (exact) mass is 422 g/mol. The van der Waals surface area contributed by atoms with Crippen LogP contribution in [0.3, 0.4) is 0 Å². The van der Waals surface area contributed by atoms with Crippen LogP contribution in [0.1, 0.15) is 51.7 Å². The van der Waals surface area contributed by atoms with Gasteiger partial charge in [-0.1, -0.05) is 80.1 Å². The third kappa shape index (κ3) is 12.8. The molecule has 0 saturated heterocycles. The fourth-order valence-electron chi connectivity index (χ4n) is 2.29. The summed E-state index contributed by atoms with van der Waals surface area (Å²) < 4.78 is 10.4. The minimum Gasteiger partial charge on any atom is -0.502 e. The lowest BCUT2D eigenvalue weighted by atomic mass is 10.1. The molecule has 0 heterocycles. The van der Waals surface area contributed by atoms with Gasteiger partial charge in [0.15, 0.2) is 5.76 Å². The molecule has 2 aromatic rings. The van der Waals surface area contributed by atoms with E-state index < -0.39 is 11.7 Å². The van der Waals surface area contributed by atoms with Crippen LogP contribution in [0.2, 0.25) is 0 Å². The molecule has 1 N–H and O–H groups in total. The topological polar surface area (TPSA) is 55.8 Å². The first kappa shape index (κ1) is 25.8. The number of benzene rings is 2. The molecule has 166 valence electrons. The molecule has 0 spiro atoms. The van der Waals surface area contributed by atoms with Crippen LogP contribution in [0, 0.1) is 0 Å². The number of unbranched alkanes of at least 4 members (excludes halogenated alkanes) is 1. The highest BCUT2D eigenvalue weighted by Gasteiger charge is 2.10. The fraction of sp³-hybridized carbons (Fsp3) is 0.296. The Bertz CT molecular complexity index is 841. The second-order valence-electron chi connectivity index (χ2n) is 7.85. The summed E-state index contributed by atoms with van der Waals surface area (Å²) in [4.78, 5) is 10.4. The third-order valence-corrected chi connectivity index (χ3v) is 3.76. The van der Waals surface area contributed by atoms with Crippen molar-refractivity contribution >= 4 is 18.1 Å². The Morgan fingerprint density at radius 1 is 0.968 bits per heavy atom. The van der Waals surface area contributed by atoms with Crippen LogP contribution in [0.5, 0.6) is 5.75 Å². The molecule has 0 aliphatic carbocycles. The minimum absolute atomic E-state index is 0.157. The Hall–Kier alpha value is -3.27. The summed E-state index contributed by atoms with van der Waals surface area (Å²) in [6.45, 7) is 11.5. The lowest BCUT2D eigenvalue weighted by molar-refractivity contribution is -0.142. The van der Waals surface area contributed by atoms with Crippen molar-refractivity contribution in [3.63, 3.8) is 0 Å². The van der Waals surface area contributed by atoms with Gasteiger partial charge in [-0.15, -0.1) is 0 Å². The van der Waals surface area contributed by atoms with E-state index in [4.69, 9.17) is 9.84 Å². The van der Waals surface area contributed by atoms with Gasteiger partial charge in [-0.2, -0.15) is 0 Å². The lowest BCUT2D eigenvalue weighted by Gasteiger charge is -2.21. The SMILES string of the molecule is C=C(O)C(=O)OCCCC.CC(C)(C)Oc1ccc(C=CC=Cc2ccccc2)cc1. The zero-order valence-electron chi connectivity index (χ0n) is 19.0. The molecule has 31 heavy (non-hydrogen) atoms. The minimum atomic E-state index is -0.728. The van der Waals surface area contributed by atoms with Crippen molar-refractivity contribution < 1.29 is 19.4 Å². The van der Waals surface area contributed by atoms with Crippen molar-refractivity contribution in [2.45, 2.75) is 46.1 Å². The molecule has 0 amide bonds. The highest BCUT2D eigenvalue weighted by Crippen LogP contribution is 2.19. The van der Waals surface area contributed by atoms with Gasteiger partial charge < -0.3 is 14.6 Å². The standard InChI is InChI=1S/C20H22O.C7H12O3/c1-20(2,3)21-19-15-13-18(14-16-19)12-8-7-11-17-9-5-4-6-10-17;1-3-4-5-10-7(9)6(2)8/h4-16H,1-3H3;8H,2-5H2,1H3. The normalized spacial score (nSPS) is 11.1. The average Bonchev–Trinajstić information content (AvgIpc) is 2.72. The van der Waals surface area contributed by atoms with E-state index in [1.165, 1.54) is 5.56 Å². The van der Waals surface area contributed by atoms with Crippen LogP contribution < -0.4 is 4.74 Å². The van der Waals surface area contributed by atoms with Gasteiger partial charge in [-0.05, 0) is 57.0 Å². The summed E-state index contributed by atoms with van der Waals surface area (Å²) in [6.07, 6.45) is 10.1. The number of carbonyl (C=O) groups is 1. The second kappa shape index (κ2) is 13.9. The van der Waals surface area contributed by atoms with Gasteiger partial charge >= 0.3 is 5.97 Å². The van der Waals surface area contributed by atoms with E-state index in [0.717, 1.165) is 24.2 Å². The second-order valence-corrected chi connectivity index (χ2v) is 7.85. The van der Waals surface area contributed by atoms with Gasteiger partial charge in [0.1, 0.15) is 11.4 Å². The average molecular weight is 423 g/mol.